The lowest BCUT2D eigenvalue weighted by molar-refractivity contribution is 0.0981. The molecule has 1 aromatic heterocycles. The Labute approximate surface area is 276 Å². The molecule has 9 nitrogen and oxygen atoms in total. The first-order chi connectivity index (χ1) is 21.7. The van der Waals surface area contributed by atoms with Gasteiger partial charge in [-0.25, -0.2) is 21.6 Å². The molecule has 0 unspecified atom stereocenters. The van der Waals surface area contributed by atoms with Crippen LogP contribution in [0.5, 0.6) is 5.75 Å². The zero-order valence-electron chi connectivity index (χ0n) is 26.8. The van der Waals surface area contributed by atoms with Gasteiger partial charge in [-0.05, 0) is 118 Å². The van der Waals surface area contributed by atoms with Crippen molar-refractivity contribution in [3.05, 3.63) is 87.6 Å². The number of amides is 1. The number of benzene rings is 3. The lowest BCUT2D eigenvalue weighted by Gasteiger charge is -2.29. The smallest absolute Gasteiger partial charge is 0.265 e. The molecule has 0 spiro atoms. The maximum Gasteiger partial charge on any atom is 0.265 e. The standard InChI is InChI=1S/C34H40ClN3O6S2/c1-22-13-16-37(17-14-22)46(42,43)30-10-8-29(9-11-30)45(40,41)36-34(39)27-7-12-31-25(4)26(5)38(32(31)21-27)15-6-18-44-28-19-23(2)33(35)24(3)20-28/h7-12,19-22H,6,13-18H2,1-5H3,(H,36,39). The van der Waals surface area contributed by atoms with Crippen LogP contribution in [0.4, 0.5) is 0 Å². The topological polar surface area (TPSA) is 115 Å². The molecule has 4 aromatic rings. The van der Waals surface area contributed by atoms with Gasteiger partial charge in [0, 0.05) is 46.8 Å². The van der Waals surface area contributed by atoms with E-state index in [0.717, 1.165) is 56.9 Å². The largest absolute Gasteiger partial charge is 0.494 e. The summed E-state index contributed by atoms with van der Waals surface area (Å²) in [6.45, 7) is 12.0. The third kappa shape index (κ3) is 6.97. The minimum absolute atomic E-state index is 0.0214. The molecular formula is C34H40ClN3O6S2. The van der Waals surface area contributed by atoms with Gasteiger partial charge in [-0.1, -0.05) is 24.6 Å². The number of carbonyl (C=O) groups excluding carboxylic acids is 1. The third-order valence-corrected chi connectivity index (χ3v) is 12.7. The van der Waals surface area contributed by atoms with Crippen LogP contribution in [0.25, 0.3) is 10.9 Å². The molecule has 1 amide bonds. The van der Waals surface area contributed by atoms with Gasteiger partial charge in [-0.3, -0.25) is 4.79 Å². The maximum absolute atomic E-state index is 13.2. The van der Waals surface area contributed by atoms with E-state index in [1.165, 1.54) is 28.6 Å². The van der Waals surface area contributed by atoms with Crippen LogP contribution in [0.2, 0.25) is 5.02 Å². The van der Waals surface area contributed by atoms with E-state index in [-0.39, 0.29) is 15.4 Å². The number of piperidine rings is 1. The highest BCUT2D eigenvalue weighted by Crippen LogP contribution is 2.29. The predicted octanol–water partition coefficient (Wildman–Crippen LogP) is 6.54. The predicted molar refractivity (Wildman–Crippen MR) is 181 cm³/mol. The van der Waals surface area contributed by atoms with Gasteiger partial charge >= 0.3 is 0 Å². The molecule has 1 aliphatic rings. The molecule has 3 aromatic carbocycles. The van der Waals surface area contributed by atoms with Gasteiger partial charge in [0.15, 0.2) is 0 Å². The van der Waals surface area contributed by atoms with Crippen LogP contribution in [0, 0.1) is 33.6 Å². The van der Waals surface area contributed by atoms with Crippen molar-refractivity contribution in [2.75, 3.05) is 19.7 Å². The monoisotopic (exact) mass is 685 g/mol. The van der Waals surface area contributed by atoms with E-state index < -0.39 is 26.0 Å². The molecule has 46 heavy (non-hydrogen) atoms. The highest BCUT2D eigenvalue weighted by molar-refractivity contribution is 7.90. The Kier molecular flexibility index (Phi) is 9.89. The van der Waals surface area contributed by atoms with Gasteiger partial charge in [0.2, 0.25) is 10.0 Å². The Morgan fingerprint density at radius 1 is 0.913 bits per heavy atom. The number of aromatic nitrogens is 1. The summed E-state index contributed by atoms with van der Waals surface area (Å²) < 4.78 is 64.1. The summed E-state index contributed by atoms with van der Waals surface area (Å²) in [6.07, 6.45) is 2.27. The fraction of sp³-hybridized carbons (Fsp3) is 0.382. The van der Waals surface area contributed by atoms with Gasteiger partial charge in [0.25, 0.3) is 15.9 Å². The van der Waals surface area contributed by atoms with Crippen LogP contribution in [0.15, 0.2) is 64.4 Å². The Hall–Kier alpha value is -3.38. The molecular weight excluding hydrogens is 646 g/mol. The van der Waals surface area contributed by atoms with Crippen LogP contribution in [0.3, 0.4) is 0 Å². The van der Waals surface area contributed by atoms with Gasteiger partial charge in [0.05, 0.1) is 16.4 Å². The van der Waals surface area contributed by atoms with Crippen LogP contribution >= 0.6 is 11.6 Å². The number of hydrogen-bond acceptors (Lipinski definition) is 6. The van der Waals surface area contributed by atoms with E-state index in [4.69, 9.17) is 16.3 Å². The van der Waals surface area contributed by atoms with Crippen molar-refractivity contribution in [1.29, 1.82) is 0 Å². The van der Waals surface area contributed by atoms with Gasteiger partial charge in [0.1, 0.15) is 5.75 Å². The van der Waals surface area contributed by atoms with Crippen molar-refractivity contribution in [3.63, 3.8) is 0 Å². The number of carbonyl (C=O) groups is 1. The van der Waals surface area contributed by atoms with Crippen LogP contribution in [0.1, 0.15) is 58.9 Å². The number of fused-ring (bicyclic) bond motifs is 1. The second-order valence-electron chi connectivity index (χ2n) is 12.2. The molecule has 1 aliphatic heterocycles. The van der Waals surface area contributed by atoms with Crippen molar-refractivity contribution in [2.24, 2.45) is 5.92 Å². The summed E-state index contributed by atoms with van der Waals surface area (Å²) in [6, 6.07) is 13.9. The summed E-state index contributed by atoms with van der Waals surface area (Å²) in [4.78, 5) is 13.0. The molecule has 0 saturated carbocycles. The first-order valence-electron chi connectivity index (χ1n) is 15.4. The second kappa shape index (κ2) is 13.4. The van der Waals surface area contributed by atoms with Crippen molar-refractivity contribution in [1.82, 2.24) is 13.6 Å². The zero-order valence-corrected chi connectivity index (χ0v) is 29.2. The number of ether oxygens (including phenoxy) is 1. The molecule has 1 fully saturated rings. The molecule has 2 heterocycles. The molecule has 12 heteroatoms. The molecule has 0 bridgehead atoms. The average Bonchev–Trinajstić information content (AvgIpc) is 3.26. The van der Waals surface area contributed by atoms with E-state index in [2.05, 4.69) is 16.2 Å². The first-order valence-corrected chi connectivity index (χ1v) is 18.7. The minimum atomic E-state index is -4.26. The fourth-order valence-corrected chi connectivity index (χ4v) is 8.44. The summed E-state index contributed by atoms with van der Waals surface area (Å²) in [5.41, 5.74) is 5.05. The van der Waals surface area contributed by atoms with Crippen LogP contribution < -0.4 is 9.46 Å². The zero-order chi connectivity index (χ0) is 33.4. The second-order valence-corrected chi connectivity index (χ2v) is 16.2. The van der Waals surface area contributed by atoms with Crippen molar-refractivity contribution >= 4 is 48.5 Å². The Morgan fingerprint density at radius 3 is 2.15 bits per heavy atom. The van der Waals surface area contributed by atoms with E-state index in [9.17, 15) is 21.6 Å². The molecule has 0 aliphatic carbocycles. The molecule has 0 radical (unpaired) electrons. The summed E-state index contributed by atoms with van der Waals surface area (Å²) in [5, 5.41) is 1.71. The van der Waals surface area contributed by atoms with Crippen molar-refractivity contribution in [2.45, 2.75) is 70.2 Å². The minimum Gasteiger partial charge on any atom is -0.494 e. The lowest BCUT2D eigenvalue weighted by Crippen LogP contribution is -2.37. The van der Waals surface area contributed by atoms with Gasteiger partial charge < -0.3 is 9.30 Å². The fourth-order valence-electron chi connectivity index (χ4n) is 5.89. The van der Waals surface area contributed by atoms with E-state index in [0.29, 0.717) is 38.6 Å². The Balaban J connectivity index is 1.28. The molecule has 1 saturated heterocycles. The highest BCUT2D eigenvalue weighted by Gasteiger charge is 2.29. The number of aryl methyl sites for hydroxylation is 4. The Morgan fingerprint density at radius 2 is 1.52 bits per heavy atom. The Bertz CT molecular complexity index is 1970. The number of hydrogen-bond donors (Lipinski definition) is 1. The van der Waals surface area contributed by atoms with E-state index in [1.807, 2.05) is 45.9 Å². The van der Waals surface area contributed by atoms with E-state index >= 15 is 0 Å². The summed E-state index contributed by atoms with van der Waals surface area (Å²) in [5.74, 6) is 0.452. The van der Waals surface area contributed by atoms with Gasteiger partial charge in [-0.15, -0.1) is 0 Å². The molecule has 5 rings (SSSR count). The number of halogens is 1. The van der Waals surface area contributed by atoms with Gasteiger partial charge in [-0.2, -0.15) is 4.31 Å². The average molecular weight is 686 g/mol. The lowest BCUT2D eigenvalue weighted by atomic mass is 10.0. The van der Waals surface area contributed by atoms with Crippen LogP contribution in [-0.2, 0) is 26.6 Å². The van der Waals surface area contributed by atoms with Crippen LogP contribution in [-0.4, -0.2) is 51.3 Å². The molecule has 0 atom stereocenters. The SMILES string of the molecule is Cc1cc(OCCCn2c(C)c(C)c3ccc(C(=O)NS(=O)(=O)c4ccc(S(=O)(=O)N5CCC(C)CC5)cc4)cc32)cc(C)c1Cl. The van der Waals surface area contributed by atoms with Crippen molar-refractivity contribution in [3.8, 4) is 5.75 Å². The normalized spacial score (nSPS) is 14.9. The van der Waals surface area contributed by atoms with E-state index in [1.54, 1.807) is 12.1 Å². The number of rotatable bonds is 10. The quantitative estimate of drug-likeness (QED) is 0.190. The van der Waals surface area contributed by atoms with Crippen molar-refractivity contribution < 1.29 is 26.4 Å². The number of sulfonamides is 2. The number of nitrogens with zero attached hydrogens (tertiary/aromatic N) is 2. The third-order valence-electron chi connectivity index (χ3n) is 8.85. The number of nitrogens with one attached hydrogen (secondary N) is 1. The molecule has 246 valence electrons. The summed E-state index contributed by atoms with van der Waals surface area (Å²) >= 11 is 6.27. The summed E-state index contributed by atoms with van der Waals surface area (Å²) in [7, 11) is -7.99. The highest BCUT2D eigenvalue weighted by atomic mass is 35.5. The maximum atomic E-state index is 13.2. The first kappa shape index (κ1) is 34.0. The molecule has 1 N–H and O–H groups in total.